The molecule has 1 heterocycles. The van der Waals surface area contributed by atoms with Crippen molar-refractivity contribution in [1.29, 1.82) is 0 Å². The van der Waals surface area contributed by atoms with Gasteiger partial charge >= 0.3 is 5.97 Å². The average Bonchev–Trinajstić information content (AvgIpc) is 2.43. The third kappa shape index (κ3) is 3.25. The van der Waals surface area contributed by atoms with Crippen LogP contribution in [0.4, 0.5) is 5.69 Å². The molecule has 5 nitrogen and oxygen atoms in total. The van der Waals surface area contributed by atoms with Gasteiger partial charge in [-0.3, -0.25) is 0 Å². The normalized spacial score (nSPS) is 10.3. The van der Waals surface area contributed by atoms with E-state index < -0.39 is 5.97 Å². The van der Waals surface area contributed by atoms with E-state index in [1.807, 2.05) is 13.8 Å². The van der Waals surface area contributed by atoms with Crippen LogP contribution >= 0.6 is 11.6 Å². The van der Waals surface area contributed by atoms with Crippen LogP contribution in [0.1, 0.15) is 21.5 Å². The number of methoxy groups -OCH3 is 1. The van der Waals surface area contributed by atoms with Crippen molar-refractivity contribution in [2.75, 3.05) is 12.8 Å². The number of pyridine rings is 1. The second kappa shape index (κ2) is 6.01. The minimum atomic E-state index is -0.538. The fraction of sp³-hybridized carbons (Fsp3) is 0.200. The number of esters is 1. The number of hydrogen-bond acceptors (Lipinski definition) is 5. The zero-order valence-electron chi connectivity index (χ0n) is 11.9. The number of anilines is 1. The summed E-state index contributed by atoms with van der Waals surface area (Å²) in [6.07, 6.45) is 1.36. The second-order valence-electron chi connectivity index (χ2n) is 4.57. The molecule has 0 atom stereocenters. The number of aromatic nitrogens is 1. The van der Waals surface area contributed by atoms with E-state index in [1.165, 1.54) is 19.4 Å². The largest absolute Gasteiger partial charge is 0.465 e. The van der Waals surface area contributed by atoms with Gasteiger partial charge in [0.05, 0.1) is 24.6 Å². The first kappa shape index (κ1) is 15.1. The van der Waals surface area contributed by atoms with Crippen molar-refractivity contribution in [3.63, 3.8) is 0 Å². The van der Waals surface area contributed by atoms with Crippen molar-refractivity contribution in [3.05, 3.63) is 46.1 Å². The van der Waals surface area contributed by atoms with E-state index in [-0.39, 0.29) is 17.1 Å². The van der Waals surface area contributed by atoms with Crippen LogP contribution in [0.3, 0.4) is 0 Å². The molecule has 0 unspecified atom stereocenters. The summed E-state index contributed by atoms with van der Waals surface area (Å²) in [4.78, 5) is 15.7. The zero-order chi connectivity index (χ0) is 15.6. The van der Waals surface area contributed by atoms with E-state index in [2.05, 4.69) is 9.72 Å². The number of hydrogen-bond donors (Lipinski definition) is 1. The summed E-state index contributed by atoms with van der Waals surface area (Å²) < 4.78 is 10.4. The lowest BCUT2D eigenvalue weighted by Gasteiger charge is -2.12. The van der Waals surface area contributed by atoms with Crippen LogP contribution in [0.5, 0.6) is 11.6 Å². The second-order valence-corrected chi connectivity index (χ2v) is 5.01. The molecule has 0 spiro atoms. The van der Waals surface area contributed by atoms with Gasteiger partial charge in [0.1, 0.15) is 5.75 Å². The maximum absolute atomic E-state index is 11.6. The first-order valence-electron chi connectivity index (χ1n) is 6.20. The topological polar surface area (TPSA) is 74.4 Å². The number of nitrogen functional groups attached to an aromatic ring is 1. The molecular formula is C15H15ClN2O3. The Morgan fingerprint density at radius 1 is 1.24 bits per heavy atom. The minimum absolute atomic E-state index is 0.215. The molecule has 0 aliphatic heterocycles. The van der Waals surface area contributed by atoms with Gasteiger partial charge in [-0.05, 0) is 37.1 Å². The number of carbonyl (C=O) groups is 1. The fourth-order valence-electron chi connectivity index (χ4n) is 1.95. The Kier molecular flexibility index (Phi) is 4.33. The van der Waals surface area contributed by atoms with Gasteiger partial charge in [-0.1, -0.05) is 11.6 Å². The third-order valence-electron chi connectivity index (χ3n) is 2.95. The Balaban J connectivity index is 2.39. The zero-order valence-corrected chi connectivity index (χ0v) is 12.7. The number of halogens is 1. The Morgan fingerprint density at radius 3 is 2.43 bits per heavy atom. The Morgan fingerprint density at radius 2 is 1.86 bits per heavy atom. The molecule has 21 heavy (non-hydrogen) atoms. The fourth-order valence-corrected chi connectivity index (χ4v) is 2.28. The van der Waals surface area contributed by atoms with Crippen LogP contribution in [0, 0.1) is 13.8 Å². The minimum Gasteiger partial charge on any atom is -0.465 e. The number of aryl methyl sites for hydroxylation is 2. The van der Waals surface area contributed by atoms with Crippen LogP contribution in [-0.2, 0) is 4.74 Å². The van der Waals surface area contributed by atoms with E-state index in [1.54, 1.807) is 12.1 Å². The van der Waals surface area contributed by atoms with Crippen LogP contribution < -0.4 is 10.5 Å². The first-order chi connectivity index (χ1) is 9.92. The number of nitrogens with two attached hydrogens (primary N) is 1. The monoisotopic (exact) mass is 306 g/mol. The highest BCUT2D eigenvalue weighted by Gasteiger charge is 2.14. The number of rotatable bonds is 3. The molecule has 0 aliphatic rings. The number of carbonyl (C=O) groups excluding carboxylic acids is 1. The Labute approximate surface area is 127 Å². The van der Waals surface area contributed by atoms with Gasteiger partial charge in [0.2, 0.25) is 5.88 Å². The van der Waals surface area contributed by atoms with E-state index in [4.69, 9.17) is 22.1 Å². The predicted octanol–water partition coefficient (Wildman–Crippen LogP) is 3.51. The van der Waals surface area contributed by atoms with Crippen molar-refractivity contribution >= 4 is 23.3 Å². The molecule has 6 heteroatoms. The molecule has 0 saturated carbocycles. The van der Waals surface area contributed by atoms with Gasteiger partial charge in [-0.2, -0.15) is 0 Å². The molecule has 0 bridgehead atoms. The summed E-state index contributed by atoms with van der Waals surface area (Å²) in [6, 6.07) is 5.04. The lowest BCUT2D eigenvalue weighted by Crippen LogP contribution is -2.07. The Hall–Kier alpha value is -2.27. The smallest absolute Gasteiger partial charge is 0.340 e. The summed E-state index contributed by atoms with van der Waals surface area (Å²) in [5, 5.41) is 0.637. The lowest BCUT2D eigenvalue weighted by atomic mass is 10.1. The standard InChI is InChI=1S/C15H15ClN2O3/c1-8-4-10(16)5-9(2)14(8)21-13-6-11(15(19)20-3)12(17)7-18-13/h4-7H,17H2,1-3H3. The molecule has 0 radical (unpaired) electrons. The molecular weight excluding hydrogens is 292 g/mol. The molecule has 0 aliphatic carbocycles. The van der Waals surface area contributed by atoms with Gasteiger partial charge in [0.15, 0.2) is 0 Å². The molecule has 2 rings (SSSR count). The van der Waals surface area contributed by atoms with Crippen molar-refractivity contribution in [2.24, 2.45) is 0 Å². The molecule has 0 fully saturated rings. The molecule has 0 saturated heterocycles. The maximum atomic E-state index is 11.6. The highest BCUT2D eigenvalue weighted by molar-refractivity contribution is 6.30. The van der Waals surface area contributed by atoms with Gasteiger partial charge in [-0.25, -0.2) is 9.78 Å². The van der Waals surface area contributed by atoms with Crippen molar-refractivity contribution < 1.29 is 14.3 Å². The molecule has 0 amide bonds. The van der Waals surface area contributed by atoms with Crippen LogP contribution in [0.2, 0.25) is 5.02 Å². The highest BCUT2D eigenvalue weighted by Crippen LogP contribution is 2.31. The summed E-state index contributed by atoms with van der Waals surface area (Å²) in [5.74, 6) is 0.370. The summed E-state index contributed by atoms with van der Waals surface area (Å²) in [5.41, 5.74) is 7.90. The third-order valence-corrected chi connectivity index (χ3v) is 3.16. The van der Waals surface area contributed by atoms with E-state index >= 15 is 0 Å². The van der Waals surface area contributed by atoms with Crippen molar-refractivity contribution in [3.8, 4) is 11.6 Å². The van der Waals surface area contributed by atoms with E-state index in [9.17, 15) is 4.79 Å². The molecule has 1 aromatic carbocycles. The Bertz CT molecular complexity index is 678. The summed E-state index contributed by atoms with van der Waals surface area (Å²) >= 11 is 5.98. The molecule has 110 valence electrons. The summed E-state index contributed by atoms with van der Waals surface area (Å²) in [6.45, 7) is 3.76. The highest BCUT2D eigenvalue weighted by atomic mass is 35.5. The van der Waals surface area contributed by atoms with Crippen molar-refractivity contribution in [1.82, 2.24) is 4.98 Å². The van der Waals surface area contributed by atoms with Crippen LogP contribution in [-0.4, -0.2) is 18.1 Å². The van der Waals surface area contributed by atoms with E-state index in [0.717, 1.165) is 11.1 Å². The number of nitrogens with zero attached hydrogens (tertiary/aromatic N) is 1. The van der Waals surface area contributed by atoms with Crippen LogP contribution in [0.25, 0.3) is 0 Å². The first-order valence-corrected chi connectivity index (χ1v) is 6.58. The van der Waals surface area contributed by atoms with E-state index in [0.29, 0.717) is 10.8 Å². The summed E-state index contributed by atoms with van der Waals surface area (Å²) in [7, 11) is 1.29. The van der Waals surface area contributed by atoms with Gasteiger partial charge in [0, 0.05) is 11.1 Å². The van der Waals surface area contributed by atoms with Gasteiger partial charge < -0.3 is 15.2 Å². The average molecular weight is 307 g/mol. The molecule has 2 N–H and O–H groups in total. The number of benzene rings is 1. The molecule has 1 aromatic heterocycles. The molecule has 2 aromatic rings. The quantitative estimate of drug-likeness (QED) is 0.878. The maximum Gasteiger partial charge on any atom is 0.340 e. The van der Waals surface area contributed by atoms with Crippen LogP contribution in [0.15, 0.2) is 24.4 Å². The lowest BCUT2D eigenvalue weighted by molar-refractivity contribution is 0.0601. The predicted molar refractivity (Wildman–Crippen MR) is 81.0 cm³/mol. The van der Waals surface area contributed by atoms with Gasteiger partial charge in [0.25, 0.3) is 0 Å². The number of ether oxygens (including phenoxy) is 2. The SMILES string of the molecule is COC(=O)c1cc(Oc2c(C)cc(Cl)cc2C)ncc1N. The van der Waals surface area contributed by atoms with Crippen molar-refractivity contribution in [2.45, 2.75) is 13.8 Å². The van der Waals surface area contributed by atoms with Gasteiger partial charge in [-0.15, -0.1) is 0 Å².